The summed E-state index contributed by atoms with van der Waals surface area (Å²) < 4.78 is 21.4. The lowest BCUT2D eigenvalue weighted by Gasteiger charge is -2.20. The first-order chi connectivity index (χ1) is 16.8. The van der Waals surface area contributed by atoms with Gasteiger partial charge in [-0.05, 0) is 70.7 Å². The minimum Gasteiger partial charge on any atom is -0.481 e. The molecule has 2 aromatic rings. The van der Waals surface area contributed by atoms with Gasteiger partial charge in [0.25, 0.3) is 11.8 Å². The molecule has 1 heterocycles. The second-order valence-corrected chi connectivity index (χ2v) is 8.64. The summed E-state index contributed by atoms with van der Waals surface area (Å²) in [7, 11) is 0. The van der Waals surface area contributed by atoms with Crippen molar-refractivity contribution in [2.75, 3.05) is 20.0 Å². The molecule has 2 N–H and O–H groups in total. The summed E-state index contributed by atoms with van der Waals surface area (Å²) in [6.45, 7) is 5.54. The summed E-state index contributed by atoms with van der Waals surface area (Å²) in [5, 5.41) is 6.73. The Morgan fingerprint density at radius 2 is 1.91 bits per heavy atom. The molecule has 11 heteroatoms. The largest absolute Gasteiger partial charge is 0.481 e. The standard InChI is InChI=1S/C24H26BrN3O7/c1-4-32-21(29)12-33-18-7-5-15(9-17(18)25)11-26-28-24(31)22(14(2)3)27-23(30)16-6-8-19-20(10-16)35-13-34-19/h5-11,14,22H,4,12-13H2,1-3H3,(H,27,30)(H,28,31). The molecule has 0 saturated heterocycles. The maximum absolute atomic E-state index is 12.7. The summed E-state index contributed by atoms with van der Waals surface area (Å²) in [6.07, 6.45) is 1.45. The number of halogens is 1. The zero-order valence-electron chi connectivity index (χ0n) is 19.5. The molecule has 0 saturated carbocycles. The molecular formula is C24H26BrN3O7. The molecule has 0 bridgehead atoms. The summed E-state index contributed by atoms with van der Waals surface area (Å²) in [6, 6.07) is 9.11. The molecule has 35 heavy (non-hydrogen) atoms. The van der Waals surface area contributed by atoms with Crippen molar-refractivity contribution in [2.24, 2.45) is 11.0 Å². The van der Waals surface area contributed by atoms with Crippen LogP contribution in [0.3, 0.4) is 0 Å². The molecule has 0 aromatic heterocycles. The highest BCUT2D eigenvalue weighted by Gasteiger charge is 2.25. The Kier molecular flexibility index (Phi) is 9.07. The van der Waals surface area contributed by atoms with Crippen LogP contribution in [-0.2, 0) is 14.3 Å². The Labute approximate surface area is 211 Å². The molecule has 10 nitrogen and oxygen atoms in total. The van der Waals surface area contributed by atoms with E-state index >= 15 is 0 Å². The lowest BCUT2D eigenvalue weighted by atomic mass is 10.0. The van der Waals surface area contributed by atoms with Crippen molar-refractivity contribution in [3.8, 4) is 17.2 Å². The van der Waals surface area contributed by atoms with Crippen molar-refractivity contribution in [3.63, 3.8) is 0 Å². The molecule has 1 aliphatic rings. The Morgan fingerprint density at radius 3 is 2.63 bits per heavy atom. The predicted molar refractivity (Wildman–Crippen MR) is 131 cm³/mol. The van der Waals surface area contributed by atoms with Gasteiger partial charge in [-0.3, -0.25) is 9.59 Å². The van der Waals surface area contributed by atoms with Crippen LogP contribution in [-0.4, -0.2) is 50.0 Å². The van der Waals surface area contributed by atoms with Crippen molar-refractivity contribution in [2.45, 2.75) is 26.8 Å². The monoisotopic (exact) mass is 547 g/mol. The van der Waals surface area contributed by atoms with Crippen molar-refractivity contribution in [1.82, 2.24) is 10.7 Å². The Hall–Kier alpha value is -3.60. The van der Waals surface area contributed by atoms with Gasteiger partial charge in [0.15, 0.2) is 18.1 Å². The first kappa shape index (κ1) is 26.0. The fourth-order valence-electron chi connectivity index (χ4n) is 3.09. The summed E-state index contributed by atoms with van der Waals surface area (Å²) in [5.41, 5.74) is 3.49. The van der Waals surface area contributed by atoms with Crippen molar-refractivity contribution >= 4 is 39.9 Å². The molecule has 2 amide bonds. The number of amides is 2. The van der Waals surface area contributed by atoms with Crippen LogP contribution in [0.1, 0.15) is 36.7 Å². The van der Waals surface area contributed by atoms with E-state index in [1.165, 1.54) is 6.21 Å². The van der Waals surface area contributed by atoms with Crippen molar-refractivity contribution in [1.29, 1.82) is 0 Å². The molecule has 3 rings (SSSR count). The second-order valence-electron chi connectivity index (χ2n) is 7.78. The maximum Gasteiger partial charge on any atom is 0.344 e. The van der Waals surface area contributed by atoms with Crippen LogP contribution in [0.2, 0.25) is 0 Å². The highest BCUT2D eigenvalue weighted by Crippen LogP contribution is 2.32. The Bertz CT molecular complexity index is 1120. The van der Waals surface area contributed by atoms with E-state index in [1.54, 1.807) is 43.3 Å². The van der Waals surface area contributed by atoms with E-state index in [0.29, 0.717) is 32.8 Å². The third kappa shape index (κ3) is 7.19. The lowest BCUT2D eigenvalue weighted by molar-refractivity contribution is -0.145. The Morgan fingerprint density at radius 1 is 1.14 bits per heavy atom. The minimum absolute atomic E-state index is 0.106. The summed E-state index contributed by atoms with van der Waals surface area (Å²) in [5.74, 6) is -0.00523. The van der Waals surface area contributed by atoms with Gasteiger partial charge >= 0.3 is 5.97 Å². The maximum atomic E-state index is 12.7. The van der Waals surface area contributed by atoms with E-state index in [2.05, 4.69) is 31.8 Å². The minimum atomic E-state index is -0.810. The molecule has 0 spiro atoms. The molecule has 1 atom stereocenters. The van der Waals surface area contributed by atoms with Crippen LogP contribution in [0, 0.1) is 5.92 Å². The number of nitrogens with zero attached hydrogens (tertiary/aromatic N) is 1. The Balaban J connectivity index is 1.57. The first-order valence-corrected chi connectivity index (χ1v) is 11.7. The van der Waals surface area contributed by atoms with Gasteiger partial charge in [0.1, 0.15) is 11.8 Å². The van der Waals surface area contributed by atoms with E-state index in [9.17, 15) is 14.4 Å². The molecule has 0 fully saturated rings. The fraction of sp³-hybridized carbons (Fsp3) is 0.333. The van der Waals surface area contributed by atoms with Crippen molar-refractivity contribution in [3.05, 3.63) is 52.0 Å². The predicted octanol–water partition coefficient (Wildman–Crippen LogP) is 3.02. The van der Waals surface area contributed by atoms with E-state index in [-0.39, 0.29) is 25.9 Å². The number of fused-ring (bicyclic) bond motifs is 1. The van der Waals surface area contributed by atoms with Gasteiger partial charge in [-0.1, -0.05) is 13.8 Å². The molecule has 0 aliphatic carbocycles. The highest BCUT2D eigenvalue weighted by molar-refractivity contribution is 9.10. The van der Waals surface area contributed by atoms with Gasteiger partial charge in [0.2, 0.25) is 6.79 Å². The summed E-state index contributed by atoms with van der Waals surface area (Å²) in [4.78, 5) is 36.8. The van der Waals surface area contributed by atoms with Crippen LogP contribution < -0.4 is 25.0 Å². The van der Waals surface area contributed by atoms with Crippen LogP contribution >= 0.6 is 15.9 Å². The number of carbonyl (C=O) groups excluding carboxylic acids is 3. The number of esters is 1. The SMILES string of the molecule is CCOC(=O)COc1ccc(C=NNC(=O)C(NC(=O)c2ccc3c(c2)OCO3)C(C)C)cc1Br. The number of benzene rings is 2. The zero-order chi connectivity index (χ0) is 25.4. The number of carbonyl (C=O) groups is 3. The molecule has 186 valence electrons. The number of hydrogen-bond donors (Lipinski definition) is 2. The third-order valence-electron chi connectivity index (χ3n) is 4.87. The van der Waals surface area contributed by atoms with Gasteiger partial charge in [-0.15, -0.1) is 0 Å². The second kappa shape index (κ2) is 12.2. The number of nitrogens with one attached hydrogen (secondary N) is 2. The van der Waals surface area contributed by atoms with E-state index < -0.39 is 23.8 Å². The zero-order valence-corrected chi connectivity index (χ0v) is 21.1. The lowest BCUT2D eigenvalue weighted by Crippen LogP contribution is -2.48. The van der Waals surface area contributed by atoms with E-state index in [0.717, 1.165) is 0 Å². The normalized spacial score (nSPS) is 12.9. The average molecular weight is 548 g/mol. The average Bonchev–Trinajstić information content (AvgIpc) is 3.29. The van der Waals surface area contributed by atoms with Crippen LogP contribution in [0.4, 0.5) is 0 Å². The molecular weight excluding hydrogens is 522 g/mol. The smallest absolute Gasteiger partial charge is 0.344 e. The van der Waals surface area contributed by atoms with Gasteiger partial charge in [0, 0.05) is 5.56 Å². The van der Waals surface area contributed by atoms with Crippen LogP contribution in [0.25, 0.3) is 0 Å². The van der Waals surface area contributed by atoms with Crippen molar-refractivity contribution < 1.29 is 33.3 Å². The fourth-order valence-corrected chi connectivity index (χ4v) is 3.60. The van der Waals surface area contributed by atoms with Gasteiger partial charge in [-0.2, -0.15) is 5.10 Å². The van der Waals surface area contributed by atoms with Gasteiger partial charge in [0.05, 0.1) is 17.3 Å². The number of hydrazone groups is 1. The quantitative estimate of drug-likeness (QED) is 0.266. The van der Waals surface area contributed by atoms with E-state index in [1.807, 2.05) is 13.8 Å². The van der Waals surface area contributed by atoms with Gasteiger partial charge in [-0.25, -0.2) is 10.2 Å². The van der Waals surface area contributed by atoms with E-state index in [4.69, 9.17) is 18.9 Å². The van der Waals surface area contributed by atoms with Crippen LogP contribution in [0.15, 0.2) is 46.0 Å². The molecule has 0 radical (unpaired) electrons. The number of ether oxygens (including phenoxy) is 4. The first-order valence-electron chi connectivity index (χ1n) is 10.9. The topological polar surface area (TPSA) is 125 Å². The van der Waals surface area contributed by atoms with Crippen LogP contribution in [0.5, 0.6) is 17.2 Å². The highest BCUT2D eigenvalue weighted by atomic mass is 79.9. The number of hydrogen-bond acceptors (Lipinski definition) is 8. The number of rotatable bonds is 10. The molecule has 1 unspecified atom stereocenters. The summed E-state index contributed by atoms with van der Waals surface area (Å²) >= 11 is 3.38. The molecule has 2 aromatic carbocycles. The molecule has 1 aliphatic heterocycles. The third-order valence-corrected chi connectivity index (χ3v) is 5.49. The van der Waals surface area contributed by atoms with Gasteiger partial charge < -0.3 is 24.3 Å².